The molecule has 0 fully saturated rings. The Bertz CT molecular complexity index is 1190. The molecule has 0 radical (unpaired) electrons. The monoisotopic (exact) mass is 443 g/mol. The summed E-state index contributed by atoms with van der Waals surface area (Å²) in [4.78, 5) is 23.2. The molecule has 1 atom stereocenters. The largest absolute Gasteiger partial charge is 0.294 e. The second kappa shape index (κ2) is 8.77. The van der Waals surface area contributed by atoms with Gasteiger partial charge in [-0.15, -0.1) is 0 Å². The highest BCUT2D eigenvalue weighted by molar-refractivity contribution is 7.91. The standard InChI is InChI=1S/C22H18ClNO5S/c1-15-6-12-18(13-7-15)30(28,29)22(19-4-2-3-5-20(19)23)14-21(25)16-8-10-17(11-9-16)24(26)27/h2-13,22H,14H2,1H3/t22-/m0/s1. The average molecular weight is 444 g/mol. The molecule has 0 saturated heterocycles. The summed E-state index contributed by atoms with van der Waals surface area (Å²) in [6.45, 7) is 1.85. The maximum absolute atomic E-state index is 13.4. The fraction of sp³-hybridized carbons (Fsp3) is 0.136. The molecule has 0 unspecified atom stereocenters. The van der Waals surface area contributed by atoms with Crippen molar-refractivity contribution in [3.8, 4) is 0 Å². The van der Waals surface area contributed by atoms with Crippen molar-refractivity contribution in [3.63, 3.8) is 0 Å². The third kappa shape index (κ3) is 4.58. The van der Waals surface area contributed by atoms with Gasteiger partial charge in [-0.3, -0.25) is 14.9 Å². The minimum atomic E-state index is -3.93. The summed E-state index contributed by atoms with van der Waals surface area (Å²) in [5, 5.41) is 9.87. The van der Waals surface area contributed by atoms with Crippen LogP contribution in [0.2, 0.25) is 5.02 Å². The number of halogens is 1. The minimum Gasteiger partial charge on any atom is -0.294 e. The molecule has 8 heteroatoms. The summed E-state index contributed by atoms with van der Waals surface area (Å²) < 4.78 is 26.8. The zero-order chi connectivity index (χ0) is 21.9. The van der Waals surface area contributed by atoms with E-state index in [-0.39, 0.29) is 27.6 Å². The number of nitro benzene ring substituents is 1. The van der Waals surface area contributed by atoms with Crippen molar-refractivity contribution in [2.45, 2.75) is 23.5 Å². The van der Waals surface area contributed by atoms with Gasteiger partial charge in [-0.2, -0.15) is 0 Å². The lowest BCUT2D eigenvalue weighted by molar-refractivity contribution is -0.384. The number of sulfone groups is 1. The molecule has 0 amide bonds. The second-order valence-corrected chi connectivity index (χ2v) is 9.34. The Labute approximate surface area is 179 Å². The van der Waals surface area contributed by atoms with Crippen molar-refractivity contribution in [1.82, 2.24) is 0 Å². The van der Waals surface area contributed by atoms with Crippen LogP contribution < -0.4 is 0 Å². The molecule has 3 rings (SSSR count). The molecule has 0 aliphatic heterocycles. The zero-order valence-electron chi connectivity index (χ0n) is 16.0. The van der Waals surface area contributed by atoms with Crippen molar-refractivity contribution >= 4 is 32.9 Å². The molecule has 0 aliphatic rings. The molecule has 3 aromatic carbocycles. The number of aryl methyl sites for hydroxylation is 1. The highest BCUT2D eigenvalue weighted by atomic mass is 35.5. The third-order valence-corrected chi connectivity index (χ3v) is 7.19. The van der Waals surface area contributed by atoms with Gasteiger partial charge in [0.25, 0.3) is 5.69 Å². The number of carbonyl (C=O) groups is 1. The van der Waals surface area contributed by atoms with Gasteiger partial charge in [0.05, 0.1) is 15.1 Å². The first kappa shape index (κ1) is 21.7. The summed E-state index contributed by atoms with van der Waals surface area (Å²) >= 11 is 6.27. The summed E-state index contributed by atoms with van der Waals surface area (Å²) in [5.41, 5.74) is 1.28. The van der Waals surface area contributed by atoms with Crippen molar-refractivity contribution in [3.05, 3.63) is 105 Å². The third-order valence-electron chi connectivity index (χ3n) is 4.75. The van der Waals surface area contributed by atoms with E-state index in [1.807, 2.05) is 6.92 Å². The molecule has 0 saturated carbocycles. The molecule has 0 spiro atoms. The first-order valence-electron chi connectivity index (χ1n) is 9.03. The number of hydrogen-bond donors (Lipinski definition) is 0. The molecular weight excluding hydrogens is 426 g/mol. The first-order valence-corrected chi connectivity index (χ1v) is 10.9. The zero-order valence-corrected chi connectivity index (χ0v) is 17.6. The number of hydrogen-bond acceptors (Lipinski definition) is 5. The van der Waals surface area contributed by atoms with Crippen LogP contribution in [0.15, 0.2) is 77.7 Å². The van der Waals surface area contributed by atoms with E-state index in [4.69, 9.17) is 11.6 Å². The number of rotatable bonds is 7. The lowest BCUT2D eigenvalue weighted by Crippen LogP contribution is -2.18. The van der Waals surface area contributed by atoms with E-state index in [1.165, 1.54) is 36.4 Å². The Hall–Kier alpha value is -3.03. The fourth-order valence-electron chi connectivity index (χ4n) is 3.07. The van der Waals surface area contributed by atoms with Crippen LogP contribution in [-0.4, -0.2) is 19.1 Å². The maximum Gasteiger partial charge on any atom is 0.269 e. The predicted octanol–water partition coefficient (Wildman–Crippen LogP) is 5.34. The number of ketones is 1. The van der Waals surface area contributed by atoms with Crippen LogP contribution in [0.3, 0.4) is 0 Å². The topological polar surface area (TPSA) is 94.3 Å². The molecular formula is C22H18ClNO5S. The molecule has 6 nitrogen and oxygen atoms in total. The van der Waals surface area contributed by atoms with Gasteiger partial charge in [0.1, 0.15) is 0 Å². The first-order chi connectivity index (χ1) is 14.2. The van der Waals surface area contributed by atoms with E-state index in [1.54, 1.807) is 36.4 Å². The van der Waals surface area contributed by atoms with Crippen LogP contribution >= 0.6 is 11.6 Å². The summed E-state index contributed by atoms with van der Waals surface area (Å²) in [7, 11) is -3.93. The Balaban J connectivity index is 2.02. The molecule has 0 N–H and O–H groups in total. The van der Waals surface area contributed by atoms with Crippen molar-refractivity contribution in [2.75, 3.05) is 0 Å². The number of nitro groups is 1. The van der Waals surface area contributed by atoms with Gasteiger partial charge in [0.2, 0.25) is 0 Å². The molecule has 0 aliphatic carbocycles. The Kier molecular flexibility index (Phi) is 6.34. The van der Waals surface area contributed by atoms with E-state index in [2.05, 4.69) is 0 Å². The number of carbonyl (C=O) groups excluding carboxylic acids is 1. The number of benzene rings is 3. The van der Waals surface area contributed by atoms with E-state index in [9.17, 15) is 23.3 Å². The fourth-order valence-corrected chi connectivity index (χ4v) is 5.16. The number of non-ortho nitro benzene ring substituents is 1. The summed E-state index contributed by atoms with van der Waals surface area (Å²) in [6, 6.07) is 18.0. The molecule has 0 heterocycles. The summed E-state index contributed by atoms with van der Waals surface area (Å²) in [6.07, 6.45) is -0.349. The predicted molar refractivity (Wildman–Crippen MR) is 115 cm³/mol. The van der Waals surface area contributed by atoms with Gasteiger partial charge in [-0.1, -0.05) is 47.5 Å². The smallest absolute Gasteiger partial charge is 0.269 e. The Morgan fingerprint density at radius 3 is 2.17 bits per heavy atom. The SMILES string of the molecule is Cc1ccc(S(=O)(=O)[C@@H](CC(=O)c2ccc([N+](=O)[O-])cc2)c2ccccc2Cl)cc1. The van der Waals surface area contributed by atoms with E-state index < -0.39 is 25.8 Å². The van der Waals surface area contributed by atoms with E-state index >= 15 is 0 Å². The quantitative estimate of drug-likeness (QED) is 0.279. The minimum absolute atomic E-state index is 0.0921. The van der Waals surface area contributed by atoms with Crippen LogP contribution in [0.25, 0.3) is 0 Å². The summed E-state index contributed by atoms with van der Waals surface area (Å²) in [5.74, 6) is -0.453. The lowest BCUT2D eigenvalue weighted by Gasteiger charge is -2.19. The maximum atomic E-state index is 13.4. The molecule has 30 heavy (non-hydrogen) atoms. The molecule has 3 aromatic rings. The Morgan fingerprint density at radius 2 is 1.60 bits per heavy atom. The van der Waals surface area contributed by atoms with Crippen LogP contribution in [0, 0.1) is 17.0 Å². The van der Waals surface area contributed by atoms with Gasteiger partial charge in [0.15, 0.2) is 15.6 Å². The van der Waals surface area contributed by atoms with Gasteiger partial charge in [0, 0.05) is 29.1 Å². The van der Waals surface area contributed by atoms with Crippen molar-refractivity contribution in [2.24, 2.45) is 0 Å². The van der Waals surface area contributed by atoms with E-state index in [0.717, 1.165) is 5.56 Å². The highest BCUT2D eigenvalue weighted by Crippen LogP contribution is 2.36. The van der Waals surface area contributed by atoms with Crippen LogP contribution in [-0.2, 0) is 9.84 Å². The van der Waals surface area contributed by atoms with Crippen molar-refractivity contribution in [1.29, 1.82) is 0 Å². The van der Waals surface area contributed by atoms with Gasteiger partial charge in [-0.25, -0.2) is 8.42 Å². The van der Waals surface area contributed by atoms with Gasteiger partial charge >= 0.3 is 0 Å². The van der Waals surface area contributed by atoms with Crippen LogP contribution in [0.5, 0.6) is 0 Å². The van der Waals surface area contributed by atoms with Crippen molar-refractivity contribution < 1.29 is 18.1 Å². The Morgan fingerprint density at radius 1 is 1.00 bits per heavy atom. The molecule has 0 aromatic heterocycles. The van der Waals surface area contributed by atoms with Crippen LogP contribution in [0.4, 0.5) is 5.69 Å². The second-order valence-electron chi connectivity index (χ2n) is 6.80. The normalized spacial score (nSPS) is 12.3. The van der Waals surface area contributed by atoms with Gasteiger partial charge < -0.3 is 0 Å². The average Bonchev–Trinajstić information content (AvgIpc) is 2.73. The highest BCUT2D eigenvalue weighted by Gasteiger charge is 2.33. The number of nitrogens with zero attached hydrogens (tertiary/aromatic N) is 1. The van der Waals surface area contributed by atoms with Gasteiger partial charge in [-0.05, 0) is 42.8 Å². The lowest BCUT2D eigenvalue weighted by atomic mass is 10.0. The van der Waals surface area contributed by atoms with E-state index in [0.29, 0.717) is 5.56 Å². The molecule has 0 bridgehead atoms. The number of Topliss-reactive ketones (excluding diaryl/α,β-unsaturated/α-hetero) is 1. The molecule has 154 valence electrons. The van der Waals surface area contributed by atoms with Crippen LogP contribution in [0.1, 0.15) is 33.2 Å².